The highest BCUT2D eigenvalue weighted by atomic mass is 16.7. The lowest BCUT2D eigenvalue weighted by molar-refractivity contribution is -0.116. The number of hydrogen-bond donors (Lipinski definition) is 1. The fourth-order valence-electron chi connectivity index (χ4n) is 3.09. The highest BCUT2D eigenvalue weighted by Gasteiger charge is 2.14. The molecule has 0 saturated heterocycles. The summed E-state index contributed by atoms with van der Waals surface area (Å²) in [5.41, 5.74) is 2.61. The van der Waals surface area contributed by atoms with Crippen LogP contribution in [0.4, 0.5) is 5.69 Å². The number of rotatable bonds is 8. The number of carbonyl (C=O) groups is 1. The van der Waals surface area contributed by atoms with E-state index in [-0.39, 0.29) is 12.7 Å². The summed E-state index contributed by atoms with van der Waals surface area (Å²) in [6.45, 7) is 0.591. The van der Waals surface area contributed by atoms with Crippen LogP contribution in [0, 0.1) is 0 Å². The van der Waals surface area contributed by atoms with Crippen LogP contribution in [0.2, 0.25) is 0 Å². The Balaban J connectivity index is 1.35. The van der Waals surface area contributed by atoms with Crippen LogP contribution >= 0.6 is 0 Å². The molecule has 154 valence electrons. The van der Waals surface area contributed by atoms with Gasteiger partial charge in [0.25, 0.3) is 0 Å². The molecule has 1 aliphatic rings. The molecular weight excluding hydrogens is 384 g/mol. The summed E-state index contributed by atoms with van der Waals surface area (Å²) < 4.78 is 21.9. The summed E-state index contributed by atoms with van der Waals surface area (Å²) in [6.07, 6.45) is 4.40. The lowest BCUT2D eigenvalue weighted by atomic mass is 10.1. The minimum absolute atomic E-state index is 0.0870. The molecule has 7 heteroatoms. The van der Waals surface area contributed by atoms with Crippen molar-refractivity contribution in [3.05, 3.63) is 72.1 Å². The number of amides is 1. The molecular formula is C23H22N2O5. The third-order valence-corrected chi connectivity index (χ3v) is 4.64. The van der Waals surface area contributed by atoms with Crippen molar-refractivity contribution >= 4 is 11.6 Å². The van der Waals surface area contributed by atoms with Crippen molar-refractivity contribution in [2.24, 2.45) is 0 Å². The highest BCUT2D eigenvalue weighted by molar-refractivity contribution is 5.91. The molecule has 2 heterocycles. The standard InChI is InChI=1S/C23H22N2O5/c1-27-19-8-6-18(12-22(19)28-14-17-3-2-10-24-13-17)25-23(26)9-5-16-4-7-20-21(11-16)30-15-29-20/h2-4,6-8,10-13H,5,9,14-15H2,1H3,(H,25,26). The summed E-state index contributed by atoms with van der Waals surface area (Å²) in [6, 6.07) is 14.8. The van der Waals surface area contributed by atoms with E-state index in [1.807, 2.05) is 30.3 Å². The van der Waals surface area contributed by atoms with Gasteiger partial charge in [-0.15, -0.1) is 0 Å². The monoisotopic (exact) mass is 406 g/mol. The predicted molar refractivity (Wildman–Crippen MR) is 111 cm³/mol. The van der Waals surface area contributed by atoms with Gasteiger partial charge in [0.1, 0.15) is 6.61 Å². The zero-order valence-electron chi connectivity index (χ0n) is 16.6. The lowest BCUT2D eigenvalue weighted by Crippen LogP contribution is -2.12. The van der Waals surface area contributed by atoms with E-state index >= 15 is 0 Å². The van der Waals surface area contributed by atoms with Gasteiger partial charge < -0.3 is 24.3 Å². The van der Waals surface area contributed by atoms with Crippen LogP contribution in [-0.2, 0) is 17.8 Å². The van der Waals surface area contributed by atoms with E-state index in [1.165, 1.54) is 0 Å². The number of pyridine rings is 1. The number of methoxy groups -OCH3 is 1. The molecule has 7 nitrogen and oxygen atoms in total. The van der Waals surface area contributed by atoms with Crippen molar-refractivity contribution in [3.8, 4) is 23.0 Å². The first-order valence-corrected chi connectivity index (χ1v) is 9.59. The van der Waals surface area contributed by atoms with Crippen molar-refractivity contribution in [1.82, 2.24) is 4.98 Å². The Morgan fingerprint density at radius 2 is 1.97 bits per heavy atom. The largest absolute Gasteiger partial charge is 0.493 e. The van der Waals surface area contributed by atoms with Crippen LogP contribution in [0.3, 0.4) is 0 Å². The highest BCUT2D eigenvalue weighted by Crippen LogP contribution is 2.33. The smallest absolute Gasteiger partial charge is 0.231 e. The molecule has 1 aromatic heterocycles. The van der Waals surface area contributed by atoms with Crippen molar-refractivity contribution in [3.63, 3.8) is 0 Å². The first kappa shape index (κ1) is 19.6. The Morgan fingerprint density at radius 3 is 2.80 bits per heavy atom. The Bertz CT molecular complexity index is 1020. The van der Waals surface area contributed by atoms with Crippen molar-refractivity contribution < 1.29 is 23.7 Å². The number of anilines is 1. The van der Waals surface area contributed by atoms with Gasteiger partial charge in [0, 0.05) is 36.1 Å². The Labute approximate surface area is 174 Å². The number of nitrogens with one attached hydrogen (secondary N) is 1. The molecule has 2 aromatic carbocycles. The lowest BCUT2D eigenvalue weighted by Gasteiger charge is -2.13. The molecule has 4 rings (SSSR count). The number of carbonyl (C=O) groups excluding carboxylic acids is 1. The molecule has 30 heavy (non-hydrogen) atoms. The average Bonchev–Trinajstić information content (AvgIpc) is 3.25. The quantitative estimate of drug-likeness (QED) is 0.610. The zero-order valence-corrected chi connectivity index (χ0v) is 16.6. The minimum atomic E-state index is -0.0870. The molecule has 1 N–H and O–H groups in total. The van der Waals surface area contributed by atoms with Gasteiger partial charge >= 0.3 is 0 Å². The minimum Gasteiger partial charge on any atom is -0.493 e. The van der Waals surface area contributed by atoms with Crippen LogP contribution in [-0.4, -0.2) is 24.8 Å². The molecule has 0 bridgehead atoms. The number of aryl methyl sites for hydroxylation is 1. The maximum Gasteiger partial charge on any atom is 0.231 e. The molecule has 1 aliphatic heterocycles. The van der Waals surface area contributed by atoms with Crippen LogP contribution in [0.25, 0.3) is 0 Å². The predicted octanol–water partition coefficient (Wildman–Crippen LogP) is 3.97. The van der Waals surface area contributed by atoms with Crippen molar-refractivity contribution in [2.45, 2.75) is 19.4 Å². The average molecular weight is 406 g/mol. The fraction of sp³-hybridized carbons (Fsp3) is 0.217. The van der Waals surface area contributed by atoms with E-state index in [1.54, 1.807) is 37.7 Å². The molecule has 1 amide bonds. The van der Waals surface area contributed by atoms with E-state index in [2.05, 4.69) is 10.3 Å². The topological polar surface area (TPSA) is 78.9 Å². The zero-order chi connectivity index (χ0) is 20.8. The maximum absolute atomic E-state index is 12.4. The second-order valence-electron chi connectivity index (χ2n) is 6.75. The number of benzene rings is 2. The van der Waals surface area contributed by atoms with Gasteiger partial charge in [0.05, 0.1) is 7.11 Å². The number of aromatic nitrogens is 1. The molecule has 0 radical (unpaired) electrons. The van der Waals surface area contributed by atoms with Gasteiger partial charge in [-0.1, -0.05) is 12.1 Å². The second-order valence-corrected chi connectivity index (χ2v) is 6.75. The molecule has 0 unspecified atom stereocenters. The first-order chi connectivity index (χ1) is 14.7. The Hall–Kier alpha value is -3.74. The third kappa shape index (κ3) is 4.81. The molecule has 0 spiro atoms. The Morgan fingerprint density at radius 1 is 1.07 bits per heavy atom. The first-order valence-electron chi connectivity index (χ1n) is 9.59. The van der Waals surface area contributed by atoms with Gasteiger partial charge in [-0.3, -0.25) is 9.78 Å². The second kappa shape index (κ2) is 9.17. The van der Waals surface area contributed by atoms with Crippen molar-refractivity contribution in [1.29, 1.82) is 0 Å². The van der Waals surface area contributed by atoms with E-state index in [9.17, 15) is 4.79 Å². The number of ether oxygens (including phenoxy) is 4. The van der Waals surface area contributed by atoms with E-state index < -0.39 is 0 Å². The van der Waals surface area contributed by atoms with Gasteiger partial charge in [-0.25, -0.2) is 0 Å². The van der Waals surface area contributed by atoms with Crippen LogP contribution in [0.1, 0.15) is 17.5 Å². The molecule has 3 aromatic rings. The molecule has 0 fully saturated rings. The van der Waals surface area contributed by atoms with Crippen LogP contribution in [0.5, 0.6) is 23.0 Å². The summed E-state index contributed by atoms with van der Waals surface area (Å²) in [5.74, 6) is 2.52. The van der Waals surface area contributed by atoms with Gasteiger partial charge in [0.2, 0.25) is 12.7 Å². The fourth-order valence-corrected chi connectivity index (χ4v) is 3.09. The van der Waals surface area contributed by atoms with Gasteiger partial charge in [-0.2, -0.15) is 0 Å². The van der Waals surface area contributed by atoms with E-state index in [0.29, 0.717) is 36.6 Å². The third-order valence-electron chi connectivity index (χ3n) is 4.64. The maximum atomic E-state index is 12.4. The summed E-state index contributed by atoms with van der Waals surface area (Å²) in [7, 11) is 1.58. The van der Waals surface area contributed by atoms with E-state index in [4.69, 9.17) is 18.9 Å². The number of fused-ring (bicyclic) bond motifs is 1. The molecule has 0 saturated carbocycles. The molecule has 0 atom stereocenters. The number of hydrogen-bond acceptors (Lipinski definition) is 6. The SMILES string of the molecule is COc1ccc(NC(=O)CCc2ccc3c(c2)OCO3)cc1OCc1cccnc1. The Kier molecular flexibility index (Phi) is 5.98. The number of nitrogens with zero attached hydrogens (tertiary/aromatic N) is 1. The van der Waals surface area contributed by atoms with E-state index in [0.717, 1.165) is 22.6 Å². The molecule has 0 aliphatic carbocycles. The van der Waals surface area contributed by atoms with Gasteiger partial charge in [0.15, 0.2) is 23.0 Å². The van der Waals surface area contributed by atoms with Crippen molar-refractivity contribution in [2.75, 3.05) is 19.2 Å². The summed E-state index contributed by atoms with van der Waals surface area (Å²) in [4.78, 5) is 16.5. The van der Waals surface area contributed by atoms with Crippen LogP contribution < -0.4 is 24.3 Å². The normalized spacial score (nSPS) is 11.8. The summed E-state index contributed by atoms with van der Waals surface area (Å²) in [5, 5.41) is 2.91. The van der Waals surface area contributed by atoms with Crippen LogP contribution in [0.15, 0.2) is 60.9 Å². The summed E-state index contributed by atoms with van der Waals surface area (Å²) >= 11 is 0. The van der Waals surface area contributed by atoms with Gasteiger partial charge in [-0.05, 0) is 42.3 Å².